The van der Waals surface area contributed by atoms with Crippen molar-refractivity contribution in [1.82, 2.24) is 5.32 Å². The van der Waals surface area contributed by atoms with E-state index < -0.39 is 0 Å². The molecule has 4 N–H and O–H groups in total. The standard InChI is InChI=1S/C8H16N2OS/c9-8(12)10-7-4-2-1-3-6(7)5-11/h6-7,11H,1-5H2,(H3,9,10,12). The summed E-state index contributed by atoms with van der Waals surface area (Å²) < 4.78 is 0. The van der Waals surface area contributed by atoms with E-state index >= 15 is 0 Å². The SMILES string of the molecule is NC(=S)NC1CCCCC1CO. The molecule has 0 amide bonds. The molecule has 3 nitrogen and oxygen atoms in total. The van der Waals surface area contributed by atoms with Crippen molar-refractivity contribution in [3.8, 4) is 0 Å². The molecule has 70 valence electrons. The van der Waals surface area contributed by atoms with Gasteiger partial charge in [0, 0.05) is 18.6 Å². The molecule has 0 bridgehead atoms. The van der Waals surface area contributed by atoms with Crippen LogP contribution in [0.3, 0.4) is 0 Å². The lowest BCUT2D eigenvalue weighted by molar-refractivity contribution is 0.163. The van der Waals surface area contributed by atoms with Gasteiger partial charge in [0.2, 0.25) is 0 Å². The molecule has 0 heterocycles. The van der Waals surface area contributed by atoms with Gasteiger partial charge in [-0.05, 0) is 25.1 Å². The third kappa shape index (κ3) is 2.60. The van der Waals surface area contributed by atoms with E-state index in [9.17, 15) is 0 Å². The average Bonchev–Trinajstić information content (AvgIpc) is 2.04. The number of nitrogens with one attached hydrogen (secondary N) is 1. The lowest BCUT2D eigenvalue weighted by atomic mass is 9.85. The van der Waals surface area contributed by atoms with E-state index in [0.717, 1.165) is 12.8 Å². The molecule has 4 heteroatoms. The van der Waals surface area contributed by atoms with Gasteiger partial charge in [0.1, 0.15) is 0 Å². The quantitative estimate of drug-likeness (QED) is 0.548. The largest absolute Gasteiger partial charge is 0.396 e. The molecule has 0 radical (unpaired) electrons. The maximum absolute atomic E-state index is 9.05. The number of hydrogen-bond acceptors (Lipinski definition) is 2. The van der Waals surface area contributed by atoms with Crippen LogP contribution in [0.5, 0.6) is 0 Å². The van der Waals surface area contributed by atoms with Crippen molar-refractivity contribution in [3.63, 3.8) is 0 Å². The van der Waals surface area contributed by atoms with Crippen LogP contribution in [-0.4, -0.2) is 22.9 Å². The zero-order chi connectivity index (χ0) is 8.97. The minimum atomic E-state index is 0.236. The number of aliphatic hydroxyl groups excluding tert-OH is 1. The van der Waals surface area contributed by atoms with Crippen LogP contribution in [0.1, 0.15) is 25.7 Å². The second-order valence-corrected chi connectivity index (χ2v) is 3.78. The first-order valence-electron chi connectivity index (χ1n) is 4.41. The third-order valence-electron chi connectivity index (χ3n) is 2.47. The van der Waals surface area contributed by atoms with Crippen LogP contribution >= 0.6 is 12.2 Å². The van der Waals surface area contributed by atoms with Crippen molar-refractivity contribution in [1.29, 1.82) is 0 Å². The molecule has 2 unspecified atom stereocenters. The fraction of sp³-hybridized carbons (Fsp3) is 0.875. The minimum absolute atomic E-state index is 0.236. The molecule has 1 aliphatic rings. The predicted molar refractivity (Wildman–Crippen MR) is 52.8 cm³/mol. The summed E-state index contributed by atoms with van der Waals surface area (Å²) in [4.78, 5) is 0. The van der Waals surface area contributed by atoms with E-state index in [0.29, 0.717) is 17.1 Å². The number of aliphatic hydroxyl groups is 1. The van der Waals surface area contributed by atoms with Gasteiger partial charge in [0.25, 0.3) is 0 Å². The number of rotatable bonds is 2. The smallest absolute Gasteiger partial charge is 0.163 e. The molecule has 0 aromatic carbocycles. The Morgan fingerprint density at radius 1 is 1.50 bits per heavy atom. The molecule has 12 heavy (non-hydrogen) atoms. The molecule has 0 aromatic heterocycles. The van der Waals surface area contributed by atoms with Crippen molar-refractivity contribution >= 4 is 17.3 Å². The molecule has 1 fully saturated rings. The van der Waals surface area contributed by atoms with Crippen LogP contribution in [0.15, 0.2) is 0 Å². The summed E-state index contributed by atoms with van der Waals surface area (Å²) in [6.07, 6.45) is 4.57. The van der Waals surface area contributed by atoms with Crippen LogP contribution in [0, 0.1) is 5.92 Å². The molecule has 1 aliphatic carbocycles. The second kappa shape index (κ2) is 4.62. The van der Waals surface area contributed by atoms with Gasteiger partial charge in [0.05, 0.1) is 0 Å². The van der Waals surface area contributed by atoms with Gasteiger partial charge in [0.15, 0.2) is 5.11 Å². The number of hydrogen-bond donors (Lipinski definition) is 3. The second-order valence-electron chi connectivity index (χ2n) is 3.34. The number of nitrogens with two attached hydrogens (primary N) is 1. The van der Waals surface area contributed by atoms with Crippen LogP contribution in [0.2, 0.25) is 0 Å². The third-order valence-corrected chi connectivity index (χ3v) is 2.59. The first-order valence-corrected chi connectivity index (χ1v) is 4.81. The van der Waals surface area contributed by atoms with E-state index in [4.69, 9.17) is 23.1 Å². The van der Waals surface area contributed by atoms with Crippen molar-refractivity contribution in [2.45, 2.75) is 31.7 Å². The van der Waals surface area contributed by atoms with Gasteiger partial charge in [-0.1, -0.05) is 12.8 Å². The highest BCUT2D eigenvalue weighted by atomic mass is 32.1. The van der Waals surface area contributed by atoms with Crippen molar-refractivity contribution in [2.75, 3.05) is 6.61 Å². The monoisotopic (exact) mass is 188 g/mol. The highest BCUT2D eigenvalue weighted by Crippen LogP contribution is 2.23. The van der Waals surface area contributed by atoms with Gasteiger partial charge in [-0.25, -0.2) is 0 Å². The normalized spacial score (nSPS) is 29.8. The molecule has 1 saturated carbocycles. The summed E-state index contributed by atoms with van der Waals surface area (Å²) in [6.45, 7) is 0.236. The van der Waals surface area contributed by atoms with Crippen LogP contribution in [0.4, 0.5) is 0 Å². The maximum Gasteiger partial charge on any atom is 0.163 e. The lowest BCUT2D eigenvalue weighted by Gasteiger charge is -2.30. The van der Waals surface area contributed by atoms with Crippen LogP contribution < -0.4 is 11.1 Å². The van der Waals surface area contributed by atoms with E-state index in [-0.39, 0.29) is 6.61 Å². The minimum Gasteiger partial charge on any atom is -0.396 e. The predicted octanol–water partition coefficient (Wildman–Crippen LogP) is 0.371. The Hall–Kier alpha value is -0.350. The zero-order valence-electron chi connectivity index (χ0n) is 7.12. The Morgan fingerprint density at radius 2 is 2.17 bits per heavy atom. The first-order chi connectivity index (χ1) is 5.74. The highest BCUT2D eigenvalue weighted by molar-refractivity contribution is 7.80. The van der Waals surface area contributed by atoms with Crippen molar-refractivity contribution < 1.29 is 5.11 Å². The Kier molecular flexibility index (Phi) is 3.75. The Labute approximate surface area is 78.3 Å². The van der Waals surface area contributed by atoms with E-state index in [1.807, 2.05) is 0 Å². The molecular weight excluding hydrogens is 172 g/mol. The molecule has 0 aromatic rings. The van der Waals surface area contributed by atoms with E-state index in [1.165, 1.54) is 12.8 Å². The first kappa shape index (κ1) is 9.74. The van der Waals surface area contributed by atoms with Crippen molar-refractivity contribution in [2.24, 2.45) is 11.7 Å². The van der Waals surface area contributed by atoms with Gasteiger partial charge in [-0.15, -0.1) is 0 Å². The fourth-order valence-corrected chi connectivity index (χ4v) is 1.95. The van der Waals surface area contributed by atoms with E-state index in [2.05, 4.69) is 5.32 Å². The topological polar surface area (TPSA) is 58.3 Å². The summed E-state index contributed by atoms with van der Waals surface area (Å²) in [6, 6.07) is 0.293. The molecule has 0 aliphatic heterocycles. The molecular formula is C8H16N2OS. The van der Waals surface area contributed by atoms with Crippen LogP contribution in [-0.2, 0) is 0 Å². The molecule has 0 saturated heterocycles. The summed E-state index contributed by atoms with van der Waals surface area (Å²) in [5, 5.41) is 12.4. The summed E-state index contributed by atoms with van der Waals surface area (Å²) in [5.74, 6) is 0.334. The average molecular weight is 188 g/mol. The molecule has 1 rings (SSSR count). The Bertz CT molecular complexity index is 163. The van der Waals surface area contributed by atoms with Gasteiger partial charge in [-0.3, -0.25) is 0 Å². The Morgan fingerprint density at radius 3 is 2.75 bits per heavy atom. The number of thiocarbonyl (C=S) groups is 1. The molecule has 0 spiro atoms. The highest BCUT2D eigenvalue weighted by Gasteiger charge is 2.24. The summed E-state index contributed by atoms with van der Waals surface area (Å²) in [5.41, 5.74) is 5.38. The fourth-order valence-electron chi connectivity index (χ4n) is 1.80. The van der Waals surface area contributed by atoms with Crippen molar-refractivity contribution in [3.05, 3.63) is 0 Å². The Balaban J connectivity index is 2.41. The molecule has 2 atom stereocenters. The van der Waals surface area contributed by atoms with Gasteiger partial charge in [-0.2, -0.15) is 0 Å². The van der Waals surface area contributed by atoms with Gasteiger partial charge < -0.3 is 16.2 Å². The van der Waals surface area contributed by atoms with Crippen LogP contribution in [0.25, 0.3) is 0 Å². The van der Waals surface area contributed by atoms with E-state index in [1.54, 1.807) is 0 Å². The summed E-state index contributed by atoms with van der Waals surface area (Å²) in [7, 11) is 0. The van der Waals surface area contributed by atoms with Gasteiger partial charge >= 0.3 is 0 Å². The zero-order valence-corrected chi connectivity index (χ0v) is 7.94. The maximum atomic E-state index is 9.05. The summed E-state index contributed by atoms with van der Waals surface area (Å²) >= 11 is 4.76. The lowest BCUT2D eigenvalue weighted by Crippen LogP contribution is -2.45.